The summed E-state index contributed by atoms with van der Waals surface area (Å²) in [6.07, 6.45) is -2.54. The van der Waals surface area contributed by atoms with E-state index in [1.165, 1.54) is 12.3 Å². The molecule has 1 unspecified atom stereocenters. The number of aromatic nitrogens is 1. The van der Waals surface area contributed by atoms with Gasteiger partial charge in [0.05, 0.1) is 23.8 Å². The minimum Gasteiger partial charge on any atom is -0.383 e. The van der Waals surface area contributed by atoms with Gasteiger partial charge in [-0.15, -0.1) is 0 Å². The van der Waals surface area contributed by atoms with Crippen LogP contribution in [0.3, 0.4) is 0 Å². The zero-order chi connectivity index (χ0) is 23.8. The van der Waals surface area contributed by atoms with Gasteiger partial charge in [-0.3, -0.25) is 19.4 Å². The number of pyridine rings is 1. The first kappa shape index (κ1) is 22.4. The lowest BCUT2D eigenvalue weighted by molar-refractivity contribution is -0.169. The second-order valence-corrected chi connectivity index (χ2v) is 7.86. The Labute approximate surface area is 186 Å². The number of carbonyl (C=O) groups is 3. The Balaban J connectivity index is 1.50. The fourth-order valence-corrected chi connectivity index (χ4v) is 4.02. The number of likely N-dealkylation sites (tertiary alicyclic amines) is 1. The minimum absolute atomic E-state index is 0.0499. The molecule has 2 aliphatic heterocycles. The SMILES string of the molecule is NC(=NC(=O)C(F)(F)F)c1cnc2c(c1)C(=O)N(C1CCCN(C(=O)c3ccccc3)C1)C2. The summed E-state index contributed by atoms with van der Waals surface area (Å²) in [7, 11) is 0. The number of rotatable bonds is 3. The number of carbonyl (C=O) groups excluding carboxylic acids is 3. The van der Waals surface area contributed by atoms with E-state index in [9.17, 15) is 27.6 Å². The van der Waals surface area contributed by atoms with E-state index in [2.05, 4.69) is 9.98 Å². The number of amidine groups is 1. The normalized spacial score (nSPS) is 18.9. The molecule has 3 heterocycles. The zero-order valence-electron chi connectivity index (χ0n) is 17.4. The molecular formula is C22H20F3N5O3. The molecule has 2 N–H and O–H groups in total. The summed E-state index contributed by atoms with van der Waals surface area (Å²) >= 11 is 0. The highest BCUT2D eigenvalue weighted by molar-refractivity contribution is 6.07. The summed E-state index contributed by atoms with van der Waals surface area (Å²) in [4.78, 5) is 47.3. The number of hydrogen-bond acceptors (Lipinski definition) is 4. The zero-order valence-corrected chi connectivity index (χ0v) is 17.4. The number of hydrogen-bond donors (Lipinski definition) is 1. The van der Waals surface area contributed by atoms with Crippen molar-refractivity contribution >= 4 is 23.6 Å². The maximum absolute atomic E-state index is 13.1. The number of nitrogens with zero attached hydrogens (tertiary/aromatic N) is 4. The number of amides is 3. The maximum atomic E-state index is 13.1. The minimum atomic E-state index is -5.15. The van der Waals surface area contributed by atoms with E-state index in [4.69, 9.17) is 5.73 Å². The second kappa shape index (κ2) is 8.64. The highest BCUT2D eigenvalue weighted by atomic mass is 19.4. The Bertz CT molecular complexity index is 1130. The summed E-state index contributed by atoms with van der Waals surface area (Å²) in [5, 5.41) is 0. The third-order valence-electron chi connectivity index (χ3n) is 5.69. The molecule has 0 aliphatic carbocycles. The average molecular weight is 459 g/mol. The van der Waals surface area contributed by atoms with Crippen molar-refractivity contribution in [2.45, 2.75) is 31.6 Å². The molecular weight excluding hydrogens is 439 g/mol. The van der Waals surface area contributed by atoms with E-state index in [1.54, 1.807) is 34.1 Å². The van der Waals surface area contributed by atoms with Crippen molar-refractivity contribution in [3.05, 3.63) is 65.0 Å². The number of benzene rings is 1. The number of fused-ring (bicyclic) bond motifs is 1. The van der Waals surface area contributed by atoms with Crippen LogP contribution in [0.15, 0.2) is 47.6 Å². The van der Waals surface area contributed by atoms with Gasteiger partial charge in [0.2, 0.25) is 0 Å². The number of alkyl halides is 3. The number of piperidine rings is 1. The molecule has 1 fully saturated rings. The first-order chi connectivity index (χ1) is 15.6. The van der Waals surface area contributed by atoms with Crippen LogP contribution >= 0.6 is 0 Å². The van der Waals surface area contributed by atoms with Crippen LogP contribution in [0.25, 0.3) is 0 Å². The van der Waals surface area contributed by atoms with E-state index in [-0.39, 0.29) is 35.5 Å². The van der Waals surface area contributed by atoms with Gasteiger partial charge in [0.15, 0.2) is 0 Å². The Morgan fingerprint density at radius 2 is 1.88 bits per heavy atom. The monoisotopic (exact) mass is 459 g/mol. The predicted octanol–water partition coefficient (Wildman–Crippen LogP) is 2.14. The van der Waals surface area contributed by atoms with Crippen LogP contribution in [-0.2, 0) is 11.3 Å². The van der Waals surface area contributed by atoms with Crippen LogP contribution in [0.1, 0.15) is 44.8 Å². The molecule has 8 nitrogen and oxygen atoms in total. The quantitative estimate of drug-likeness (QED) is 0.559. The fourth-order valence-electron chi connectivity index (χ4n) is 4.02. The lowest BCUT2D eigenvalue weighted by atomic mass is 10.0. The summed E-state index contributed by atoms with van der Waals surface area (Å²) in [6, 6.07) is 9.95. The van der Waals surface area contributed by atoms with Crippen LogP contribution < -0.4 is 5.73 Å². The van der Waals surface area contributed by atoms with E-state index in [0.717, 1.165) is 6.42 Å². The summed E-state index contributed by atoms with van der Waals surface area (Å²) in [5.41, 5.74) is 6.70. The highest BCUT2D eigenvalue weighted by Gasteiger charge is 2.39. The number of aliphatic imine (C=N–C) groups is 1. The van der Waals surface area contributed by atoms with Gasteiger partial charge < -0.3 is 15.5 Å². The third-order valence-corrected chi connectivity index (χ3v) is 5.69. The van der Waals surface area contributed by atoms with Gasteiger partial charge in [0, 0.05) is 30.4 Å². The van der Waals surface area contributed by atoms with E-state index in [0.29, 0.717) is 30.8 Å². The molecule has 1 aromatic heterocycles. The molecule has 3 amide bonds. The molecule has 33 heavy (non-hydrogen) atoms. The van der Waals surface area contributed by atoms with Gasteiger partial charge in [-0.1, -0.05) is 18.2 Å². The molecule has 1 atom stereocenters. The van der Waals surface area contributed by atoms with E-state index < -0.39 is 17.9 Å². The van der Waals surface area contributed by atoms with Crippen molar-refractivity contribution in [3.63, 3.8) is 0 Å². The van der Waals surface area contributed by atoms with Crippen LogP contribution in [0, 0.1) is 0 Å². The Morgan fingerprint density at radius 1 is 1.15 bits per heavy atom. The number of nitrogens with two attached hydrogens (primary N) is 1. The van der Waals surface area contributed by atoms with Gasteiger partial charge in [0.25, 0.3) is 11.8 Å². The van der Waals surface area contributed by atoms with Gasteiger partial charge in [-0.05, 0) is 31.0 Å². The van der Waals surface area contributed by atoms with Crippen LogP contribution in [-0.4, -0.2) is 63.6 Å². The lowest BCUT2D eigenvalue weighted by Crippen LogP contribution is -2.49. The number of halogens is 3. The topological polar surface area (TPSA) is 109 Å². The van der Waals surface area contributed by atoms with Crippen LogP contribution in [0.2, 0.25) is 0 Å². The van der Waals surface area contributed by atoms with Gasteiger partial charge in [-0.25, -0.2) is 0 Å². The smallest absolute Gasteiger partial charge is 0.383 e. The largest absolute Gasteiger partial charge is 0.473 e. The van der Waals surface area contributed by atoms with Crippen molar-refractivity contribution in [2.75, 3.05) is 13.1 Å². The van der Waals surface area contributed by atoms with E-state index in [1.807, 2.05) is 6.07 Å². The Morgan fingerprint density at radius 3 is 2.58 bits per heavy atom. The summed E-state index contributed by atoms with van der Waals surface area (Å²) < 4.78 is 37.3. The van der Waals surface area contributed by atoms with Gasteiger partial charge >= 0.3 is 12.1 Å². The molecule has 4 rings (SSSR count). The van der Waals surface area contributed by atoms with Crippen molar-refractivity contribution in [1.82, 2.24) is 14.8 Å². The second-order valence-electron chi connectivity index (χ2n) is 7.86. The van der Waals surface area contributed by atoms with Gasteiger partial charge in [0.1, 0.15) is 5.84 Å². The maximum Gasteiger partial charge on any atom is 0.473 e. The lowest BCUT2D eigenvalue weighted by Gasteiger charge is -2.37. The van der Waals surface area contributed by atoms with Crippen molar-refractivity contribution in [3.8, 4) is 0 Å². The summed E-state index contributed by atoms with van der Waals surface area (Å²) in [6.45, 7) is 1.16. The molecule has 1 saturated heterocycles. The molecule has 0 spiro atoms. The third kappa shape index (κ3) is 4.57. The van der Waals surface area contributed by atoms with Crippen molar-refractivity contribution in [1.29, 1.82) is 0 Å². The molecule has 0 saturated carbocycles. The van der Waals surface area contributed by atoms with Gasteiger partial charge in [-0.2, -0.15) is 18.2 Å². The summed E-state index contributed by atoms with van der Waals surface area (Å²) in [5.74, 6) is -3.47. The van der Waals surface area contributed by atoms with Crippen molar-refractivity contribution in [2.24, 2.45) is 10.7 Å². The Kier molecular flexibility index (Phi) is 5.88. The predicted molar refractivity (Wildman–Crippen MR) is 111 cm³/mol. The molecule has 2 aromatic rings. The fraction of sp³-hybridized carbons (Fsp3) is 0.318. The molecule has 1 aromatic carbocycles. The molecule has 0 radical (unpaired) electrons. The molecule has 11 heteroatoms. The van der Waals surface area contributed by atoms with Crippen LogP contribution in [0.4, 0.5) is 13.2 Å². The Hall–Kier alpha value is -3.76. The first-order valence-corrected chi connectivity index (χ1v) is 10.2. The van der Waals surface area contributed by atoms with Crippen LogP contribution in [0.5, 0.6) is 0 Å². The molecule has 172 valence electrons. The molecule has 2 aliphatic rings. The highest BCUT2D eigenvalue weighted by Crippen LogP contribution is 2.28. The molecule has 0 bridgehead atoms. The van der Waals surface area contributed by atoms with Crippen molar-refractivity contribution < 1.29 is 27.6 Å². The standard InChI is InChI=1S/C22H20F3N5O3/c23-22(24,25)21(33)28-18(26)14-9-16-17(27-10-14)12-30(20(16)32)15-7-4-8-29(11-15)19(31)13-5-2-1-3-6-13/h1-3,5-6,9-10,15H,4,7-8,11-12H2,(H2,26,28,33). The van der Waals surface area contributed by atoms with E-state index >= 15 is 0 Å². The first-order valence-electron chi connectivity index (χ1n) is 10.2. The average Bonchev–Trinajstić information content (AvgIpc) is 3.14.